The van der Waals surface area contributed by atoms with Gasteiger partial charge in [-0.3, -0.25) is 0 Å². The lowest BCUT2D eigenvalue weighted by Crippen LogP contribution is -1.92. The van der Waals surface area contributed by atoms with E-state index in [0.29, 0.717) is 0 Å². The Morgan fingerprint density at radius 1 is 0.704 bits per heavy atom. The Kier molecular flexibility index (Phi) is 5.03. The summed E-state index contributed by atoms with van der Waals surface area (Å²) in [5.41, 5.74) is 5.24. The maximum Gasteiger partial charge on any atom is 0.128 e. The van der Waals surface area contributed by atoms with E-state index in [-0.39, 0.29) is 0 Å². The van der Waals surface area contributed by atoms with Crippen LogP contribution >= 0.6 is 15.9 Å². The standard InChI is InChI=1S/C24H18BrNO/c1-17-13-14-21(27-20-10-5-9-19(25)15-20)16-22(17)24-12-6-11-23(26-24)18-7-3-2-4-8-18/h2-16H,1H3. The van der Waals surface area contributed by atoms with Crippen LogP contribution in [0.15, 0.2) is 95.5 Å². The number of benzene rings is 3. The maximum absolute atomic E-state index is 6.03. The zero-order chi connectivity index (χ0) is 18.6. The second kappa shape index (κ2) is 7.77. The summed E-state index contributed by atoms with van der Waals surface area (Å²) in [5.74, 6) is 1.59. The molecule has 132 valence electrons. The molecule has 0 radical (unpaired) electrons. The third kappa shape index (κ3) is 4.09. The van der Waals surface area contributed by atoms with Crippen molar-refractivity contribution in [1.82, 2.24) is 4.98 Å². The predicted molar refractivity (Wildman–Crippen MR) is 114 cm³/mol. The van der Waals surface area contributed by atoms with Crippen LogP contribution in [0.1, 0.15) is 5.56 Å². The summed E-state index contributed by atoms with van der Waals surface area (Å²) in [6, 6.07) is 30.3. The molecule has 0 aliphatic rings. The van der Waals surface area contributed by atoms with Crippen molar-refractivity contribution in [2.75, 3.05) is 0 Å². The van der Waals surface area contributed by atoms with Crippen molar-refractivity contribution in [3.63, 3.8) is 0 Å². The van der Waals surface area contributed by atoms with Gasteiger partial charge in [0.05, 0.1) is 11.4 Å². The zero-order valence-corrected chi connectivity index (χ0v) is 16.5. The molecule has 3 aromatic carbocycles. The number of ether oxygens (including phenoxy) is 1. The molecule has 1 aromatic heterocycles. The highest BCUT2D eigenvalue weighted by Gasteiger charge is 2.08. The highest BCUT2D eigenvalue weighted by molar-refractivity contribution is 9.10. The van der Waals surface area contributed by atoms with E-state index in [0.717, 1.165) is 44.0 Å². The number of aromatic nitrogens is 1. The number of pyridine rings is 1. The molecular weight excluding hydrogens is 398 g/mol. The molecular formula is C24H18BrNO. The highest BCUT2D eigenvalue weighted by atomic mass is 79.9. The molecule has 0 fully saturated rings. The Morgan fingerprint density at radius 2 is 1.44 bits per heavy atom. The molecule has 0 bridgehead atoms. The second-order valence-electron chi connectivity index (χ2n) is 6.31. The SMILES string of the molecule is Cc1ccc(Oc2cccc(Br)c2)cc1-c1cccc(-c2ccccc2)n1. The number of aryl methyl sites for hydroxylation is 1. The third-order valence-corrected chi connectivity index (χ3v) is 4.83. The minimum atomic E-state index is 0.792. The van der Waals surface area contributed by atoms with Crippen LogP contribution in [-0.2, 0) is 0 Å². The van der Waals surface area contributed by atoms with Gasteiger partial charge in [-0.05, 0) is 55.0 Å². The van der Waals surface area contributed by atoms with Gasteiger partial charge in [-0.15, -0.1) is 0 Å². The minimum absolute atomic E-state index is 0.792. The van der Waals surface area contributed by atoms with Crippen LogP contribution in [0.25, 0.3) is 22.5 Å². The molecule has 0 amide bonds. The third-order valence-electron chi connectivity index (χ3n) is 4.34. The van der Waals surface area contributed by atoms with E-state index in [2.05, 4.69) is 41.1 Å². The Labute approximate surface area is 167 Å². The van der Waals surface area contributed by atoms with Crippen molar-refractivity contribution in [3.05, 3.63) is 101 Å². The molecule has 0 saturated carbocycles. The summed E-state index contributed by atoms with van der Waals surface area (Å²) in [5, 5.41) is 0. The zero-order valence-electron chi connectivity index (χ0n) is 14.9. The Balaban J connectivity index is 1.70. The molecule has 3 heteroatoms. The minimum Gasteiger partial charge on any atom is -0.457 e. The van der Waals surface area contributed by atoms with E-state index in [9.17, 15) is 0 Å². The average Bonchev–Trinajstić information content (AvgIpc) is 2.70. The summed E-state index contributed by atoms with van der Waals surface area (Å²) >= 11 is 3.48. The summed E-state index contributed by atoms with van der Waals surface area (Å²) in [6.07, 6.45) is 0. The number of halogens is 1. The van der Waals surface area contributed by atoms with Gasteiger partial charge in [0.25, 0.3) is 0 Å². The maximum atomic E-state index is 6.03. The van der Waals surface area contributed by atoms with Crippen molar-refractivity contribution < 1.29 is 4.74 Å². The molecule has 4 rings (SSSR count). The molecule has 0 N–H and O–H groups in total. The van der Waals surface area contributed by atoms with Gasteiger partial charge in [0.2, 0.25) is 0 Å². The molecule has 1 heterocycles. The highest BCUT2D eigenvalue weighted by Crippen LogP contribution is 2.31. The van der Waals surface area contributed by atoms with Crippen molar-refractivity contribution in [3.8, 4) is 34.0 Å². The molecule has 0 spiro atoms. The van der Waals surface area contributed by atoms with Gasteiger partial charge >= 0.3 is 0 Å². The van der Waals surface area contributed by atoms with E-state index in [1.54, 1.807) is 0 Å². The first-order valence-corrected chi connectivity index (χ1v) is 9.55. The van der Waals surface area contributed by atoms with Crippen molar-refractivity contribution >= 4 is 15.9 Å². The van der Waals surface area contributed by atoms with Crippen LogP contribution in [0.5, 0.6) is 11.5 Å². The molecule has 0 unspecified atom stereocenters. The summed E-state index contributed by atoms with van der Waals surface area (Å²) in [7, 11) is 0. The van der Waals surface area contributed by atoms with Crippen LogP contribution in [0.3, 0.4) is 0 Å². The second-order valence-corrected chi connectivity index (χ2v) is 7.23. The molecule has 27 heavy (non-hydrogen) atoms. The van der Waals surface area contributed by atoms with Gasteiger partial charge in [-0.2, -0.15) is 0 Å². The van der Waals surface area contributed by atoms with E-state index in [4.69, 9.17) is 9.72 Å². The predicted octanol–water partition coefficient (Wildman–Crippen LogP) is 7.28. The normalized spacial score (nSPS) is 10.6. The molecule has 0 atom stereocenters. The first-order valence-electron chi connectivity index (χ1n) is 8.76. The average molecular weight is 416 g/mol. The number of nitrogens with zero attached hydrogens (tertiary/aromatic N) is 1. The largest absolute Gasteiger partial charge is 0.457 e. The van der Waals surface area contributed by atoms with E-state index in [1.165, 1.54) is 0 Å². The van der Waals surface area contributed by atoms with Gasteiger partial charge in [-0.1, -0.05) is 64.5 Å². The Hall–Kier alpha value is -2.91. The topological polar surface area (TPSA) is 22.1 Å². The van der Waals surface area contributed by atoms with Crippen LogP contribution in [0.4, 0.5) is 0 Å². The first-order chi connectivity index (χ1) is 13.2. The summed E-state index contributed by atoms with van der Waals surface area (Å²) in [6.45, 7) is 2.09. The van der Waals surface area contributed by atoms with Crippen LogP contribution in [0, 0.1) is 6.92 Å². The van der Waals surface area contributed by atoms with Crippen molar-refractivity contribution in [2.24, 2.45) is 0 Å². The van der Waals surface area contributed by atoms with Gasteiger partial charge in [0.15, 0.2) is 0 Å². The lowest BCUT2D eigenvalue weighted by molar-refractivity contribution is 0.482. The van der Waals surface area contributed by atoms with Gasteiger partial charge in [0, 0.05) is 15.6 Å². The smallest absolute Gasteiger partial charge is 0.128 e. The van der Waals surface area contributed by atoms with Gasteiger partial charge in [0.1, 0.15) is 11.5 Å². The Morgan fingerprint density at radius 3 is 2.26 bits per heavy atom. The molecule has 2 nitrogen and oxygen atoms in total. The molecule has 0 saturated heterocycles. The molecule has 4 aromatic rings. The monoisotopic (exact) mass is 415 g/mol. The molecule has 0 aliphatic carbocycles. The lowest BCUT2D eigenvalue weighted by atomic mass is 10.0. The summed E-state index contributed by atoms with van der Waals surface area (Å²) < 4.78 is 7.02. The van der Waals surface area contributed by atoms with Crippen LogP contribution in [0.2, 0.25) is 0 Å². The van der Waals surface area contributed by atoms with E-state index >= 15 is 0 Å². The lowest BCUT2D eigenvalue weighted by Gasteiger charge is -2.11. The molecule has 0 aliphatic heterocycles. The quantitative estimate of drug-likeness (QED) is 0.349. The van der Waals surface area contributed by atoms with Gasteiger partial charge in [-0.25, -0.2) is 4.98 Å². The number of hydrogen-bond donors (Lipinski definition) is 0. The fourth-order valence-electron chi connectivity index (χ4n) is 2.96. The van der Waals surface area contributed by atoms with E-state index in [1.807, 2.05) is 72.8 Å². The van der Waals surface area contributed by atoms with Crippen molar-refractivity contribution in [1.29, 1.82) is 0 Å². The Bertz CT molecular complexity index is 1080. The fourth-order valence-corrected chi connectivity index (χ4v) is 3.34. The van der Waals surface area contributed by atoms with Crippen LogP contribution in [-0.4, -0.2) is 4.98 Å². The van der Waals surface area contributed by atoms with Crippen LogP contribution < -0.4 is 4.74 Å². The van der Waals surface area contributed by atoms with Gasteiger partial charge < -0.3 is 4.74 Å². The summed E-state index contributed by atoms with van der Waals surface area (Å²) in [4.78, 5) is 4.87. The van der Waals surface area contributed by atoms with Crippen molar-refractivity contribution in [2.45, 2.75) is 6.92 Å². The van der Waals surface area contributed by atoms with E-state index < -0.39 is 0 Å². The fraction of sp³-hybridized carbons (Fsp3) is 0.0417. The first kappa shape index (κ1) is 17.5. The number of hydrogen-bond acceptors (Lipinski definition) is 2. The number of rotatable bonds is 4.